The van der Waals surface area contributed by atoms with E-state index in [1.54, 1.807) is 12.1 Å². The molecule has 1 aliphatic heterocycles. The van der Waals surface area contributed by atoms with Crippen LogP contribution in [0.1, 0.15) is 23.2 Å². The third-order valence-corrected chi connectivity index (χ3v) is 3.75. The minimum atomic E-state index is -1.67. The summed E-state index contributed by atoms with van der Waals surface area (Å²) in [5.74, 6) is -4.53. The van der Waals surface area contributed by atoms with E-state index in [4.69, 9.17) is 9.47 Å². The van der Waals surface area contributed by atoms with Gasteiger partial charge in [0.25, 0.3) is 0 Å². The second kappa shape index (κ2) is 7.47. The summed E-state index contributed by atoms with van der Waals surface area (Å²) in [5, 5.41) is 2.12. The number of carbonyl (C=O) groups excluding carboxylic acids is 2. The zero-order valence-electron chi connectivity index (χ0n) is 13.5. The van der Waals surface area contributed by atoms with Gasteiger partial charge in [0.2, 0.25) is 5.91 Å². The van der Waals surface area contributed by atoms with Crippen LogP contribution in [0.5, 0.6) is 11.5 Å². The molecule has 0 saturated heterocycles. The molecule has 1 aliphatic rings. The average molecular weight is 365 g/mol. The first-order valence-electron chi connectivity index (χ1n) is 7.82. The van der Waals surface area contributed by atoms with Crippen LogP contribution in [0.15, 0.2) is 30.3 Å². The third-order valence-electron chi connectivity index (χ3n) is 3.75. The van der Waals surface area contributed by atoms with Crippen LogP contribution in [0.2, 0.25) is 0 Å². The van der Waals surface area contributed by atoms with Gasteiger partial charge in [-0.05, 0) is 30.3 Å². The number of ether oxygens (including phenoxy) is 2. The Bertz CT molecular complexity index is 870. The number of rotatable bonds is 5. The zero-order valence-corrected chi connectivity index (χ0v) is 13.5. The van der Waals surface area contributed by atoms with Crippen molar-refractivity contribution >= 4 is 17.4 Å². The number of ketones is 1. The van der Waals surface area contributed by atoms with Gasteiger partial charge in [-0.3, -0.25) is 9.59 Å². The Kier molecular flexibility index (Phi) is 5.11. The molecule has 1 amide bonds. The number of halogens is 3. The summed E-state index contributed by atoms with van der Waals surface area (Å²) >= 11 is 0. The first kappa shape index (κ1) is 17.8. The molecular weight excluding hydrogens is 351 g/mol. The molecule has 0 aromatic heterocycles. The van der Waals surface area contributed by atoms with Crippen molar-refractivity contribution in [1.82, 2.24) is 0 Å². The van der Waals surface area contributed by atoms with Crippen molar-refractivity contribution in [2.75, 3.05) is 18.5 Å². The summed E-state index contributed by atoms with van der Waals surface area (Å²) in [6.45, 7) is 0.813. The summed E-state index contributed by atoms with van der Waals surface area (Å²) in [7, 11) is 0. The van der Waals surface area contributed by atoms with Crippen LogP contribution >= 0.6 is 0 Å². The monoisotopic (exact) mass is 365 g/mol. The van der Waals surface area contributed by atoms with E-state index in [0.717, 1.165) is 6.07 Å². The first-order chi connectivity index (χ1) is 12.5. The minimum Gasteiger partial charge on any atom is -0.486 e. The van der Waals surface area contributed by atoms with Gasteiger partial charge in [-0.2, -0.15) is 0 Å². The van der Waals surface area contributed by atoms with Crippen molar-refractivity contribution < 1.29 is 32.2 Å². The normalized spacial score (nSPS) is 12.6. The van der Waals surface area contributed by atoms with Gasteiger partial charge in [-0.1, -0.05) is 0 Å². The summed E-state index contributed by atoms with van der Waals surface area (Å²) in [4.78, 5) is 24.0. The molecule has 1 heterocycles. The lowest BCUT2D eigenvalue weighted by Crippen LogP contribution is -2.17. The van der Waals surface area contributed by atoms with Crippen LogP contribution in [0.25, 0.3) is 0 Å². The second-order valence-electron chi connectivity index (χ2n) is 5.55. The molecule has 0 saturated carbocycles. The molecule has 3 rings (SSSR count). The number of Topliss-reactive ketones (excluding diaryl/α,β-unsaturated/α-hetero) is 1. The van der Waals surface area contributed by atoms with Gasteiger partial charge in [0.1, 0.15) is 13.2 Å². The Hall–Kier alpha value is -3.03. The highest BCUT2D eigenvalue weighted by molar-refractivity contribution is 6.00. The van der Waals surface area contributed by atoms with E-state index in [1.165, 1.54) is 6.07 Å². The van der Waals surface area contributed by atoms with Gasteiger partial charge in [-0.25, -0.2) is 13.2 Å². The molecule has 0 atom stereocenters. The Balaban J connectivity index is 1.59. The number of fused-ring (bicyclic) bond motifs is 1. The van der Waals surface area contributed by atoms with E-state index in [0.29, 0.717) is 36.3 Å². The lowest BCUT2D eigenvalue weighted by Gasteiger charge is -2.18. The van der Waals surface area contributed by atoms with Crippen LogP contribution in [0, 0.1) is 17.5 Å². The molecule has 0 fully saturated rings. The highest BCUT2D eigenvalue weighted by atomic mass is 19.2. The maximum atomic E-state index is 13.5. The van der Waals surface area contributed by atoms with Crippen molar-refractivity contribution in [3.05, 3.63) is 53.3 Å². The lowest BCUT2D eigenvalue weighted by atomic mass is 10.1. The quantitative estimate of drug-likeness (QED) is 0.651. The molecule has 1 N–H and O–H groups in total. The maximum Gasteiger partial charge on any atom is 0.224 e. The van der Waals surface area contributed by atoms with E-state index in [9.17, 15) is 22.8 Å². The molecule has 0 aliphatic carbocycles. The number of nitrogens with one attached hydrogen (secondary N) is 1. The number of hydrogen-bond donors (Lipinski definition) is 1. The van der Waals surface area contributed by atoms with E-state index in [-0.39, 0.29) is 18.6 Å². The minimum absolute atomic E-state index is 0.142. The Morgan fingerprint density at radius 3 is 2.42 bits per heavy atom. The third kappa shape index (κ3) is 3.79. The Morgan fingerprint density at radius 1 is 0.923 bits per heavy atom. The molecule has 0 spiro atoms. The number of carbonyl (C=O) groups is 2. The van der Waals surface area contributed by atoms with Crippen molar-refractivity contribution in [2.45, 2.75) is 12.8 Å². The fraction of sp³-hybridized carbons (Fsp3) is 0.222. The summed E-state index contributed by atoms with van der Waals surface area (Å²) in [5.41, 5.74) is -0.137. The predicted octanol–water partition coefficient (Wildman–Crippen LogP) is 3.48. The van der Waals surface area contributed by atoms with Gasteiger partial charge >= 0.3 is 0 Å². The van der Waals surface area contributed by atoms with Gasteiger partial charge in [0, 0.05) is 18.4 Å². The van der Waals surface area contributed by atoms with Crippen LogP contribution in [0.4, 0.5) is 18.9 Å². The number of amides is 1. The van der Waals surface area contributed by atoms with Gasteiger partial charge < -0.3 is 14.8 Å². The number of hydrogen-bond acceptors (Lipinski definition) is 4. The zero-order chi connectivity index (χ0) is 18.7. The number of benzene rings is 2. The van der Waals surface area contributed by atoms with E-state index in [2.05, 4.69) is 5.32 Å². The van der Waals surface area contributed by atoms with E-state index < -0.39 is 29.0 Å². The number of anilines is 1. The van der Waals surface area contributed by atoms with Gasteiger partial charge in [0.15, 0.2) is 34.7 Å². The molecule has 0 radical (unpaired) electrons. The van der Waals surface area contributed by atoms with Crippen molar-refractivity contribution in [3.63, 3.8) is 0 Å². The largest absolute Gasteiger partial charge is 0.486 e. The summed E-state index contributed by atoms with van der Waals surface area (Å²) in [6.07, 6.45) is -0.386. The molecule has 5 nitrogen and oxygen atoms in total. The van der Waals surface area contributed by atoms with Crippen LogP contribution in [-0.4, -0.2) is 24.9 Å². The van der Waals surface area contributed by atoms with Crippen molar-refractivity contribution in [1.29, 1.82) is 0 Å². The Morgan fingerprint density at radius 2 is 1.65 bits per heavy atom. The summed E-state index contributed by atoms with van der Waals surface area (Å²) in [6, 6.07) is 6.31. The molecule has 0 unspecified atom stereocenters. The van der Waals surface area contributed by atoms with E-state index >= 15 is 0 Å². The predicted molar refractivity (Wildman–Crippen MR) is 85.9 cm³/mol. The topological polar surface area (TPSA) is 64.6 Å². The molecular formula is C18H14F3NO4. The molecule has 26 heavy (non-hydrogen) atoms. The molecule has 8 heteroatoms. The molecule has 2 aromatic carbocycles. The summed E-state index contributed by atoms with van der Waals surface area (Å²) < 4.78 is 50.3. The maximum absolute atomic E-state index is 13.5. The lowest BCUT2D eigenvalue weighted by molar-refractivity contribution is -0.116. The highest BCUT2D eigenvalue weighted by Gasteiger charge is 2.18. The smallest absolute Gasteiger partial charge is 0.224 e. The van der Waals surface area contributed by atoms with Gasteiger partial charge in [0.05, 0.1) is 5.69 Å². The Labute approximate surface area is 146 Å². The second-order valence-corrected chi connectivity index (χ2v) is 5.55. The fourth-order valence-corrected chi connectivity index (χ4v) is 2.42. The van der Waals surface area contributed by atoms with Crippen molar-refractivity contribution in [2.24, 2.45) is 0 Å². The van der Waals surface area contributed by atoms with E-state index in [1.807, 2.05) is 0 Å². The first-order valence-corrected chi connectivity index (χ1v) is 7.82. The van der Waals surface area contributed by atoms with Crippen molar-refractivity contribution in [3.8, 4) is 11.5 Å². The molecule has 136 valence electrons. The average Bonchev–Trinajstić information content (AvgIpc) is 2.66. The van der Waals surface area contributed by atoms with Gasteiger partial charge in [-0.15, -0.1) is 0 Å². The SMILES string of the molecule is O=C(CCC(=O)c1ccc2c(c1)OCCO2)Nc1ccc(F)c(F)c1F. The van der Waals surface area contributed by atoms with Crippen LogP contribution in [0.3, 0.4) is 0 Å². The molecule has 2 aromatic rings. The molecule has 0 bridgehead atoms. The standard InChI is InChI=1S/C18H14F3NO4/c19-11-2-3-12(18(21)17(11)20)22-16(24)6-4-13(23)10-1-5-14-15(9-10)26-8-7-25-14/h1-3,5,9H,4,6-8H2,(H,22,24). The fourth-order valence-electron chi connectivity index (χ4n) is 2.42. The van der Waals surface area contributed by atoms with Crippen LogP contribution in [-0.2, 0) is 4.79 Å². The highest BCUT2D eigenvalue weighted by Crippen LogP contribution is 2.31. The van der Waals surface area contributed by atoms with Crippen LogP contribution < -0.4 is 14.8 Å².